The molecule has 19 heteroatoms. The van der Waals surface area contributed by atoms with Gasteiger partial charge in [-0.15, -0.1) is 0 Å². The van der Waals surface area contributed by atoms with Gasteiger partial charge in [-0.05, 0) is 69.3 Å². The fourth-order valence-corrected chi connectivity index (χ4v) is 5.14. The molecule has 0 aromatic rings. The van der Waals surface area contributed by atoms with Crippen LogP contribution in [0, 0.1) is 11.8 Å². The minimum atomic E-state index is -1.50. The van der Waals surface area contributed by atoms with Crippen LogP contribution in [-0.4, -0.2) is 150 Å². The van der Waals surface area contributed by atoms with Gasteiger partial charge >= 0.3 is 5.97 Å². The van der Waals surface area contributed by atoms with Gasteiger partial charge in [0.05, 0.1) is 6.61 Å². The highest BCUT2D eigenvalue weighted by Gasteiger charge is 2.31. The molecule has 1 aliphatic heterocycles. The van der Waals surface area contributed by atoms with Gasteiger partial charge in [-0.3, -0.25) is 19.6 Å². The van der Waals surface area contributed by atoms with E-state index in [2.05, 4.69) is 16.0 Å². The first-order chi connectivity index (χ1) is 25.1. The Morgan fingerprint density at radius 2 is 1.51 bits per heavy atom. The maximum Gasteiger partial charge on any atom is 0.328 e. The molecule has 8 atom stereocenters. The van der Waals surface area contributed by atoms with Gasteiger partial charge in [0, 0.05) is 39.4 Å². The highest BCUT2D eigenvalue weighted by molar-refractivity contribution is 5.98. The molecule has 19 nitrogen and oxygen atoms in total. The molecule has 1 heterocycles. The summed E-state index contributed by atoms with van der Waals surface area (Å²) in [7, 11) is 0. The Hall–Kier alpha value is -3.50. The van der Waals surface area contributed by atoms with E-state index in [-0.39, 0.29) is 83.3 Å². The number of carbonyl (C=O) groups excluding carboxylic acids is 4. The first kappa shape index (κ1) is 47.5. The largest absolute Gasteiger partial charge is 0.464 e. The average Bonchev–Trinajstić information content (AvgIpc) is 3.08. The van der Waals surface area contributed by atoms with Gasteiger partial charge < -0.3 is 56.6 Å². The highest BCUT2D eigenvalue weighted by Crippen LogP contribution is 2.14. The molecule has 0 bridgehead atoms. The second-order valence-electron chi connectivity index (χ2n) is 13.1. The Kier molecular flexibility index (Phi) is 23.6. The second-order valence-corrected chi connectivity index (χ2v) is 13.1. The number of carbonyl (C=O) groups is 4. The lowest BCUT2D eigenvalue weighted by molar-refractivity contribution is -0.202. The number of esters is 1. The molecule has 3 amide bonds. The van der Waals surface area contributed by atoms with Gasteiger partial charge in [0.25, 0.3) is 0 Å². The summed E-state index contributed by atoms with van der Waals surface area (Å²) >= 11 is 0. The molecule has 1 rings (SSSR count). The van der Waals surface area contributed by atoms with Crippen LogP contribution in [0.25, 0.3) is 0 Å². The molecule has 0 radical (unpaired) electrons. The molecule has 53 heavy (non-hydrogen) atoms. The highest BCUT2D eigenvalue weighted by atomic mass is 16.5. The molecule has 0 aliphatic carbocycles. The molecule has 0 saturated carbocycles. The van der Waals surface area contributed by atoms with Crippen molar-refractivity contribution < 1.29 is 65.1 Å². The number of aliphatic hydroxyl groups is 5. The zero-order valence-electron chi connectivity index (χ0n) is 30.7. The second kappa shape index (κ2) is 26.3. The van der Waals surface area contributed by atoms with Crippen LogP contribution in [0.4, 0.5) is 0 Å². The van der Waals surface area contributed by atoms with E-state index >= 15 is 0 Å². The predicted molar refractivity (Wildman–Crippen MR) is 188 cm³/mol. The van der Waals surface area contributed by atoms with Crippen molar-refractivity contribution in [2.45, 2.75) is 109 Å². The molecule has 0 aromatic carbocycles. The number of ether oxygens (including phenoxy) is 1. The van der Waals surface area contributed by atoms with E-state index in [1.54, 1.807) is 0 Å². The molecular formula is C34H60N6O13. The molecule has 1 aliphatic rings. The number of hydroxylamine groups is 6. The van der Waals surface area contributed by atoms with Gasteiger partial charge in [0.2, 0.25) is 17.7 Å². The van der Waals surface area contributed by atoms with Crippen LogP contribution in [0.5, 0.6) is 0 Å². The lowest BCUT2D eigenvalue weighted by Crippen LogP contribution is -2.60. The van der Waals surface area contributed by atoms with Gasteiger partial charge in [-0.25, -0.2) is 9.86 Å². The SMILES string of the molecule is CC(=O)N[C@H](CCCN(O)C(O)C[C@@H](C)CCO)C(=O)OCCC=CC(O)N(O)/C=C\C[C@@H]1NC(=O)[C@H](C=CCN(O)C(O)CC(C)CCO)NC1=O. The lowest BCUT2D eigenvalue weighted by atomic mass is 10.0. The Morgan fingerprint density at radius 1 is 0.887 bits per heavy atom. The predicted octanol–water partition coefficient (Wildman–Crippen LogP) is -0.950. The number of rotatable bonds is 27. The van der Waals surface area contributed by atoms with Crippen molar-refractivity contribution in [2.75, 3.05) is 32.9 Å². The van der Waals surface area contributed by atoms with Crippen LogP contribution in [0.15, 0.2) is 36.6 Å². The van der Waals surface area contributed by atoms with E-state index in [0.717, 1.165) is 11.3 Å². The van der Waals surface area contributed by atoms with Gasteiger partial charge in [0.1, 0.15) is 30.6 Å². The van der Waals surface area contributed by atoms with Crippen LogP contribution in [0.2, 0.25) is 0 Å². The maximum absolute atomic E-state index is 12.6. The third kappa shape index (κ3) is 20.0. The van der Waals surface area contributed by atoms with E-state index < -0.39 is 60.5 Å². The maximum atomic E-state index is 12.6. The smallest absolute Gasteiger partial charge is 0.328 e. The fourth-order valence-electron chi connectivity index (χ4n) is 5.14. The summed E-state index contributed by atoms with van der Waals surface area (Å²) in [6.45, 7) is 4.64. The first-order valence-corrected chi connectivity index (χ1v) is 17.8. The summed E-state index contributed by atoms with van der Waals surface area (Å²) < 4.78 is 5.22. The number of aliphatic hydroxyl groups excluding tert-OH is 5. The van der Waals surface area contributed by atoms with Gasteiger partial charge in [0.15, 0.2) is 6.23 Å². The fraction of sp³-hybridized carbons (Fsp3) is 0.706. The summed E-state index contributed by atoms with van der Waals surface area (Å²) in [5.41, 5.74) is 0. The summed E-state index contributed by atoms with van der Waals surface area (Å²) in [5, 5.41) is 87.9. The van der Waals surface area contributed by atoms with E-state index in [9.17, 15) is 50.1 Å². The van der Waals surface area contributed by atoms with Crippen molar-refractivity contribution in [3.05, 3.63) is 36.6 Å². The van der Waals surface area contributed by atoms with Crippen molar-refractivity contribution in [1.29, 1.82) is 0 Å². The standard InChI is InChI=1S/C34H60N6O13/c1-23(13-18-41)21-30(45)39(51)16-7-10-27-33(48)36-26(32(47)37-27)9-6-15-38(50)29(44)12-4-5-20-53-34(49)28(35-25(3)43)11-8-17-40(52)31(46)22-24(2)14-19-42/h4,6-7,10,12,15,23-24,26-31,41-42,44-46,50-52H,5,8-9,11,13-14,16-22H2,1-3H3,(H,35,43)(H,36,48)(H,37,47)/b10-7?,12-4?,15-6-/t23?,24-,26-,27-,28+,29?,30?,31?/m0/s1. The number of amides is 3. The Labute approximate surface area is 310 Å². The zero-order chi connectivity index (χ0) is 39.9. The lowest BCUT2D eigenvalue weighted by Gasteiger charge is -2.28. The van der Waals surface area contributed by atoms with E-state index in [1.165, 1.54) is 37.3 Å². The number of hydrogen-bond acceptors (Lipinski definition) is 16. The first-order valence-electron chi connectivity index (χ1n) is 17.8. The van der Waals surface area contributed by atoms with Crippen molar-refractivity contribution >= 4 is 23.7 Å². The van der Waals surface area contributed by atoms with E-state index in [4.69, 9.17) is 14.9 Å². The van der Waals surface area contributed by atoms with Gasteiger partial charge in [-0.2, -0.15) is 10.1 Å². The molecule has 1 fully saturated rings. The molecule has 0 aromatic heterocycles. The quantitative estimate of drug-likeness (QED) is 0.0158. The topological polar surface area (TPSA) is 285 Å². The zero-order valence-corrected chi connectivity index (χ0v) is 30.7. The van der Waals surface area contributed by atoms with Crippen LogP contribution in [0.1, 0.15) is 72.1 Å². The van der Waals surface area contributed by atoms with Crippen molar-refractivity contribution in [3.8, 4) is 0 Å². The molecular weight excluding hydrogens is 700 g/mol. The molecule has 11 N–H and O–H groups in total. The monoisotopic (exact) mass is 760 g/mol. The summed E-state index contributed by atoms with van der Waals surface area (Å²) in [4.78, 5) is 49.2. The van der Waals surface area contributed by atoms with Gasteiger partial charge in [-0.1, -0.05) is 38.2 Å². The number of hydrogen-bond donors (Lipinski definition) is 11. The minimum absolute atomic E-state index is 0.0151. The molecule has 4 unspecified atom stereocenters. The van der Waals surface area contributed by atoms with Crippen molar-refractivity contribution in [2.24, 2.45) is 11.8 Å². The number of piperazine rings is 1. The number of nitrogens with zero attached hydrogens (tertiary/aromatic N) is 3. The molecule has 304 valence electrons. The van der Waals surface area contributed by atoms with Crippen molar-refractivity contribution in [1.82, 2.24) is 31.1 Å². The third-order valence-corrected chi connectivity index (χ3v) is 8.27. The van der Waals surface area contributed by atoms with Crippen LogP contribution >= 0.6 is 0 Å². The summed E-state index contributed by atoms with van der Waals surface area (Å²) in [6, 6.07) is -2.95. The van der Waals surface area contributed by atoms with E-state index in [0.29, 0.717) is 23.0 Å². The minimum Gasteiger partial charge on any atom is -0.464 e. The molecule has 0 spiro atoms. The Balaban J connectivity index is 2.45. The Morgan fingerprint density at radius 3 is 2.11 bits per heavy atom. The van der Waals surface area contributed by atoms with Crippen LogP contribution < -0.4 is 16.0 Å². The normalized spacial score (nSPS) is 20.0. The Bertz CT molecular complexity index is 1190. The van der Waals surface area contributed by atoms with Crippen molar-refractivity contribution in [3.63, 3.8) is 0 Å². The third-order valence-electron chi connectivity index (χ3n) is 8.27. The summed E-state index contributed by atoms with van der Waals surface area (Å²) in [5.74, 6) is -2.22. The molecule has 1 saturated heterocycles. The number of nitrogens with one attached hydrogen (secondary N) is 3. The van der Waals surface area contributed by atoms with Crippen LogP contribution in [-0.2, 0) is 23.9 Å². The van der Waals surface area contributed by atoms with Crippen LogP contribution in [0.3, 0.4) is 0 Å². The average molecular weight is 761 g/mol. The summed E-state index contributed by atoms with van der Waals surface area (Å²) in [6.07, 6.45) is 6.04. The van der Waals surface area contributed by atoms with E-state index in [1.807, 2.05) is 13.8 Å².